The lowest BCUT2D eigenvalue weighted by Gasteiger charge is -2.26. The van der Waals surface area contributed by atoms with Crippen molar-refractivity contribution in [2.45, 2.75) is 58.2 Å². The Labute approximate surface area is 120 Å². The molecule has 3 N–H and O–H groups in total. The number of hydrogen-bond donors (Lipinski definition) is 3. The molecule has 20 heavy (non-hydrogen) atoms. The Kier molecular flexibility index (Phi) is 6.68. The summed E-state index contributed by atoms with van der Waals surface area (Å²) in [7, 11) is 0. The molecular weight excluding hydrogens is 254 g/mol. The summed E-state index contributed by atoms with van der Waals surface area (Å²) in [5.74, 6) is -0.190. The molecule has 0 fully saturated rings. The largest absolute Gasteiger partial charge is 0.392 e. The van der Waals surface area contributed by atoms with E-state index >= 15 is 0 Å². The van der Waals surface area contributed by atoms with Gasteiger partial charge < -0.3 is 15.5 Å². The number of carbonyl (C=O) groups is 1. The molecule has 0 bridgehead atoms. The average Bonchev–Trinajstić information content (AvgIpc) is 2.38. The second-order valence-electron chi connectivity index (χ2n) is 5.31. The van der Waals surface area contributed by atoms with Crippen LogP contribution in [0.5, 0.6) is 0 Å². The highest BCUT2D eigenvalue weighted by molar-refractivity contribution is 5.91. The van der Waals surface area contributed by atoms with Crippen LogP contribution in [0.3, 0.4) is 0 Å². The predicted octanol–water partition coefficient (Wildman–Crippen LogP) is 2.84. The number of rotatable bonds is 8. The molecule has 0 heterocycles. The van der Waals surface area contributed by atoms with E-state index in [0.717, 1.165) is 18.4 Å². The summed E-state index contributed by atoms with van der Waals surface area (Å²) >= 11 is 0. The number of carbonyl (C=O) groups excluding carboxylic acids is 1. The average molecular weight is 279 g/mol. The minimum atomic E-state index is -0.915. The summed E-state index contributed by atoms with van der Waals surface area (Å²) in [5, 5.41) is 22.3. The van der Waals surface area contributed by atoms with Crippen molar-refractivity contribution in [1.29, 1.82) is 0 Å². The maximum Gasteiger partial charge on any atom is 0.227 e. The Hall–Kier alpha value is -1.39. The van der Waals surface area contributed by atoms with Crippen LogP contribution in [-0.4, -0.2) is 21.7 Å². The van der Waals surface area contributed by atoms with Crippen LogP contribution >= 0.6 is 0 Å². The highest BCUT2D eigenvalue weighted by Crippen LogP contribution is 2.24. The Bertz CT molecular complexity index is 425. The Morgan fingerprint density at radius 1 is 1.25 bits per heavy atom. The van der Waals surface area contributed by atoms with Crippen LogP contribution in [0, 0.1) is 0 Å². The van der Waals surface area contributed by atoms with Crippen molar-refractivity contribution in [2.75, 3.05) is 5.32 Å². The fourth-order valence-corrected chi connectivity index (χ4v) is 2.48. The quantitative estimate of drug-likeness (QED) is 0.685. The first-order valence-electron chi connectivity index (χ1n) is 7.25. The predicted molar refractivity (Wildman–Crippen MR) is 80.4 cm³/mol. The highest BCUT2D eigenvalue weighted by atomic mass is 16.3. The van der Waals surface area contributed by atoms with Gasteiger partial charge >= 0.3 is 0 Å². The molecule has 4 heteroatoms. The van der Waals surface area contributed by atoms with E-state index in [1.54, 1.807) is 24.3 Å². The van der Waals surface area contributed by atoms with Crippen LogP contribution in [0.25, 0.3) is 0 Å². The zero-order chi connectivity index (χ0) is 15.0. The molecule has 1 aromatic rings. The lowest BCUT2D eigenvalue weighted by atomic mass is 9.89. The van der Waals surface area contributed by atoms with Gasteiger partial charge in [0.15, 0.2) is 0 Å². The third-order valence-electron chi connectivity index (χ3n) is 3.31. The molecule has 112 valence electrons. The first-order valence-corrected chi connectivity index (χ1v) is 7.25. The van der Waals surface area contributed by atoms with Gasteiger partial charge in [0, 0.05) is 5.69 Å². The van der Waals surface area contributed by atoms with Crippen molar-refractivity contribution < 1.29 is 15.0 Å². The molecule has 1 amide bonds. The lowest BCUT2D eigenvalue weighted by Crippen LogP contribution is -2.33. The van der Waals surface area contributed by atoms with Gasteiger partial charge in [-0.15, -0.1) is 0 Å². The molecule has 0 aromatic heterocycles. The number of aliphatic hydroxyl groups is 2. The first kappa shape index (κ1) is 16.7. The van der Waals surface area contributed by atoms with E-state index in [0.29, 0.717) is 18.5 Å². The van der Waals surface area contributed by atoms with E-state index in [1.165, 1.54) is 0 Å². The molecular formula is C16H25NO3. The van der Waals surface area contributed by atoms with Crippen LogP contribution in [0.2, 0.25) is 0 Å². The summed E-state index contributed by atoms with van der Waals surface area (Å²) in [6.07, 6.45) is 3.07. The van der Waals surface area contributed by atoms with Crippen molar-refractivity contribution in [3.05, 3.63) is 29.8 Å². The fraction of sp³-hybridized carbons (Fsp3) is 0.562. The Balaban J connectivity index is 2.65. The zero-order valence-electron chi connectivity index (χ0n) is 12.4. The first-order chi connectivity index (χ1) is 9.53. The van der Waals surface area contributed by atoms with Crippen LogP contribution in [0.1, 0.15) is 51.5 Å². The minimum Gasteiger partial charge on any atom is -0.392 e. The van der Waals surface area contributed by atoms with Crippen LogP contribution in [-0.2, 0) is 11.4 Å². The van der Waals surface area contributed by atoms with Gasteiger partial charge in [-0.3, -0.25) is 4.79 Å². The van der Waals surface area contributed by atoms with Gasteiger partial charge in [-0.25, -0.2) is 0 Å². The summed E-state index contributed by atoms with van der Waals surface area (Å²) in [6, 6.07) is 7.08. The molecule has 0 atom stereocenters. The van der Waals surface area contributed by atoms with Crippen molar-refractivity contribution >= 4 is 11.6 Å². The summed E-state index contributed by atoms with van der Waals surface area (Å²) in [5.41, 5.74) is 0.486. The molecule has 0 radical (unpaired) electrons. The van der Waals surface area contributed by atoms with Crippen LogP contribution in [0.15, 0.2) is 24.3 Å². The van der Waals surface area contributed by atoms with Gasteiger partial charge in [-0.05, 0) is 30.5 Å². The monoisotopic (exact) mass is 279 g/mol. The minimum absolute atomic E-state index is 0.0562. The van der Waals surface area contributed by atoms with Gasteiger partial charge in [0.1, 0.15) is 0 Å². The normalized spacial score (nSPS) is 11.4. The van der Waals surface area contributed by atoms with Gasteiger partial charge in [-0.1, -0.05) is 38.8 Å². The second-order valence-corrected chi connectivity index (χ2v) is 5.31. The molecule has 0 saturated heterocycles. The van der Waals surface area contributed by atoms with E-state index in [-0.39, 0.29) is 18.9 Å². The van der Waals surface area contributed by atoms with Crippen molar-refractivity contribution in [2.24, 2.45) is 0 Å². The summed E-state index contributed by atoms with van der Waals surface area (Å²) < 4.78 is 0. The van der Waals surface area contributed by atoms with E-state index in [1.807, 2.05) is 13.8 Å². The molecule has 0 unspecified atom stereocenters. The van der Waals surface area contributed by atoms with Gasteiger partial charge in [0.25, 0.3) is 0 Å². The molecule has 0 aliphatic rings. The number of amides is 1. The Morgan fingerprint density at radius 3 is 2.45 bits per heavy atom. The number of aliphatic hydroxyl groups excluding tert-OH is 1. The van der Waals surface area contributed by atoms with Gasteiger partial charge in [-0.2, -0.15) is 0 Å². The standard InChI is InChI=1S/C16H25NO3/c1-3-8-16(20,9-4-2)11-15(19)17-14-7-5-6-13(10-14)12-18/h5-7,10,18,20H,3-4,8-9,11-12H2,1-2H3,(H,17,19). The molecule has 0 aliphatic carbocycles. The number of nitrogens with one attached hydrogen (secondary N) is 1. The molecule has 0 spiro atoms. The van der Waals surface area contributed by atoms with E-state index in [2.05, 4.69) is 5.32 Å². The zero-order valence-corrected chi connectivity index (χ0v) is 12.4. The highest BCUT2D eigenvalue weighted by Gasteiger charge is 2.28. The molecule has 1 aromatic carbocycles. The maximum absolute atomic E-state index is 12.0. The summed E-state index contributed by atoms with van der Waals surface area (Å²) in [4.78, 5) is 12.0. The van der Waals surface area contributed by atoms with Crippen molar-refractivity contribution in [3.63, 3.8) is 0 Å². The van der Waals surface area contributed by atoms with Crippen LogP contribution in [0.4, 0.5) is 5.69 Å². The molecule has 1 rings (SSSR count). The van der Waals surface area contributed by atoms with Crippen LogP contribution < -0.4 is 5.32 Å². The van der Waals surface area contributed by atoms with E-state index < -0.39 is 5.60 Å². The number of benzene rings is 1. The van der Waals surface area contributed by atoms with Crippen molar-refractivity contribution in [3.8, 4) is 0 Å². The fourth-order valence-electron chi connectivity index (χ4n) is 2.48. The van der Waals surface area contributed by atoms with Gasteiger partial charge in [0.2, 0.25) is 5.91 Å². The lowest BCUT2D eigenvalue weighted by molar-refractivity contribution is -0.121. The third-order valence-corrected chi connectivity index (χ3v) is 3.31. The maximum atomic E-state index is 12.0. The van der Waals surface area contributed by atoms with Gasteiger partial charge in [0.05, 0.1) is 18.6 Å². The smallest absolute Gasteiger partial charge is 0.227 e. The Morgan fingerprint density at radius 2 is 1.90 bits per heavy atom. The number of anilines is 1. The van der Waals surface area contributed by atoms with E-state index in [9.17, 15) is 9.90 Å². The SMILES string of the molecule is CCCC(O)(CCC)CC(=O)Nc1cccc(CO)c1. The van der Waals surface area contributed by atoms with Crippen molar-refractivity contribution in [1.82, 2.24) is 0 Å². The topological polar surface area (TPSA) is 69.6 Å². The number of hydrogen-bond acceptors (Lipinski definition) is 3. The second kappa shape index (κ2) is 8.02. The molecule has 4 nitrogen and oxygen atoms in total. The molecule has 0 saturated carbocycles. The molecule has 0 aliphatic heterocycles. The third kappa shape index (κ3) is 5.31. The van der Waals surface area contributed by atoms with E-state index in [4.69, 9.17) is 5.11 Å². The summed E-state index contributed by atoms with van der Waals surface area (Å²) in [6.45, 7) is 3.95.